The molecule has 0 aliphatic heterocycles. The molecule has 24 heavy (non-hydrogen) atoms. The van der Waals surface area contributed by atoms with E-state index >= 15 is 0 Å². The molecule has 1 atom stereocenters. The minimum atomic E-state index is -0.585. The molecule has 1 rings (SSSR count). The van der Waals surface area contributed by atoms with Crippen molar-refractivity contribution in [2.75, 3.05) is 18.6 Å². The van der Waals surface area contributed by atoms with Crippen LogP contribution < -0.4 is 10.6 Å². The quantitative estimate of drug-likeness (QED) is 0.755. The fourth-order valence-corrected chi connectivity index (χ4v) is 2.52. The molecule has 1 aromatic carbocycles. The van der Waals surface area contributed by atoms with E-state index in [1.165, 1.54) is 5.56 Å². The molecule has 0 fully saturated rings. The zero-order valence-electron chi connectivity index (χ0n) is 14.9. The van der Waals surface area contributed by atoms with Gasteiger partial charge in [-0.1, -0.05) is 30.3 Å². The Bertz CT molecular complexity index is 515. The maximum Gasteiger partial charge on any atom is 0.408 e. The van der Waals surface area contributed by atoms with Gasteiger partial charge >= 0.3 is 6.09 Å². The highest BCUT2D eigenvalue weighted by Crippen LogP contribution is 2.08. The lowest BCUT2D eigenvalue weighted by Crippen LogP contribution is -2.48. The lowest BCUT2D eigenvalue weighted by Gasteiger charge is -2.23. The lowest BCUT2D eigenvalue weighted by atomic mass is 10.1. The molecule has 0 aliphatic carbocycles. The van der Waals surface area contributed by atoms with Gasteiger partial charge in [0, 0.05) is 6.54 Å². The molecule has 0 saturated carbocycles. The number of hydrogen-bond donors (Lipinski definition) is 2. The van der Waals surface area contributed by atoms with Crippen molar-refractivity contribution in [2.45, 2.75) is 45.3 Å². The van der Waals surface area contributed by atoms with Crippen molar-refractivity contribution in [2.24, 2.45) is 0 Å². The number of ether oxygens (including phenoxy) is 1. The van der Waals surface area contributed by atoms with E-state index in [1.54, 1.807) is 32.5 Å². The molecule has 0 spiro atoms. The molecule has 0 aromatic heterocycles. The van der Waals surface area contributed by atoms with Gasteiger partial charge in [0.05, 0.1) is 0 Å². The Morgan fingerprint density at radius 1 is 1.21 bits per heavy atom. The van der Waals surface area contributed by atoms with Crippen LogP contribution in [0.1, 0.15) is 32.8 Å². The topological polar surface area (TPSA) is 67.4 Å². The van der Waals surface area contributed by atoms with E-state index in [2.05, 4.69) is 10.6 Å². The summed E-state index contributed by atoms with van der Waals surface area (Å²) in [5, 5.41) is 5.56. The zero-order valence-corrected chi connectivity index (χ0v) is 15.7. The molecule has 2 N–H and O–H groups in total. The number of amides is 2. The van der Waals surface area contributed by atoms with Crippen LogP contribution in [0.5, 0.6) is 0 Å². The first-order valence-corrected chi connectivity index (χ1v) is 9.51. The fraction of sp³-hybridized carbons (Fsp3) is 0.556. The molecule has 0 heterocycles. The molecule has 2 amide bonds. The second kappa shape index (κ2) is 10.2. The summed E-state index contributed by atoms with van der Waals surface area (Å²) in [4.78, 5) is 24.3. The van der Waals surface area contributed by atoms with E-state index in [9.17, 15) is 9.59 Å². The molecular formula is C18H28N2O3S. The maximum absolute atomic E-state index is 12.3. The van der Waals surface area contributed by atoms with Gasteiger partial charge < -0.3 is 15.4 Å². The highest BCUT2D eigenvalue weighted by Gasteiger charge is 2.23. The van der Waals surface area contributed by atoms with Crippen LogP contribution in [0.3, 0.4) is 0 Å². The van der Waals surface area contributed by atoms with Gasteiger partial charge in [0.15, 0.2) is 0 Å². The van der Waals surface area contributed by atoms with E-state index < -0.39 is 17.7 Å². The van der Waals surface area contributed by atoms with Gasteiger partial charge in [-0.15, -0.1) is 0 Å². The van der Waals surface area contributed by atoms with E-state index in [0.29, 0.717) is 13.0 Å². The number of hydrogen-bond acceptors (Lipinski definition) is 4. The van der Waals surface area contributed by atoms with Gasteiger partial charge in [-0.2, -0.15) is 11.8 Å². The molecular weight excluding hydrogens is 324 g/mol. The summed E-state index contributed by atoms with van der Waals surface area (Å²) in [7, 11) is 0. The number of thioether (sulfide) groups is 1. The zero-order chi connectivity index (χ0) is 18.0. The number of benzene rings is 1. The van der Waals surface area contributed by atoms with Gasteiger partial charge in [-0.25, -0.2) is 4.79 Å². The summed E-state index contributed by atoms with van der Waals surface area (Å²) in [5.74, 6) is 0.609. The monoisotopic (exact) mass is 352 g/mol. The highest BCUT2D eigenvalue weighted by molar-refractivity contribution is 7.98. The first kappa shape index (κ1) is 20.4. The van der Waals surface area contributed by atoms with E-state index in [-0.39, 0.29) is 5.91 Å². The van der Waals surface area contributed by atoms with E-state index in [1.807, 2.05) is 36.6 Å². The SMILES string of the molecule is CSCC[C@@H](NC(=O)OC(C)(C)C)C(=O)NCCc1ccccc1. The first-order valence-electron chi connectivity index (χ1n) is 8.12. The lowest BCUT2D eigenvalue weighted by molar-refractivity contribution is -0.123. The van der Waals surface area contributed by atoms with Crippen molar-refractivity contribution >= 4 is 23.8 Å². The summed E-state index contributed by atoms with van der Waals surface area (Å²) in [6.07, 6.45) is 2.73. The third-order valence-electron chi connectivity index (χ3n) is 3.17. The number of carbonyl (C=O) groups excluding carboxylic acids is 2. The van der Waals surface area contributed by atoms with Crippen molar-refractivity contribution < 1.29 is 14.3 Å². The fourth-order valence-electron chi connectivity index (χ4n) is 2.05. The molecule has 1 aromatic rings. The van der Waals surface area contributed by atoms with Gasteiger partial charge in [0.25, 0.3) is 0 Å². The van der Waals surface area contributed by atoms with Crippen LogP contribution in [0.2, 0.25) is 0 Å². The van der Waals surface area contributed by atoms with Crippen LogP contribution in [0.15, 0.2) is 30.3 Å². The predicted octanol–water partition coefficient (Wildman–Crippen LogP) is 2.99. The number of carbonyl (C=O) groups is 2. The van der Waals surface area contributed by atoms with Gasteiger partial charge in [0.2, 0.25) is 5.91 Å². The Morgan fingerprint density at radius 3 is 2.46 bits per heavy atom. The number of nitrogens with one attached hydrogen (secondary N) is 2. The number of rotatable bonds is 8. The van der Waals surface area contributed by atoms with Crippen LogP contribution in [0.4, 0.5) is 4.79 Å². The van der Waals surface area contributed by atoms with Gasteiger partial charge in [-0.05, 0) is 51.2 Å². The molecule has 0 bridgehead atoms. The van der Waals surface area contributed by atoms with Gasteiger partial charge in [-0.3, -0.25) is 4.79 Å². The second-order valence-corrected chi connectivity index (χ2v) is 7.49. The van der Waals surface area contributed by atoms with Crippen molar-refractivity contribution in [1.82, 2.24) is 10.6 Å². The predicted molar refractivity (Wildman–Crippen MR) is 99.3 cm³/mol. The van der Waals surface area contributed by atoms with Crippen LogP contribution in [-0.2, 0) is 16.0 Å². The van der Waals surface area contributed by atoms with Crippen molar-refractivity contribution in [3.05, 3.63) is 35.9 Å². The third kappa shape index (κ3) is 8.82. The molecule has 0 saturated heterocycles. The average Bonchev–Trinajstić information content (AvgIpc) is 2.50. The van der Waals surface area contributed by atoms with E-state index in [4.69, 9.17) is 4.74 Å². The normalized spacial score (nSPS) is 12.3. The Balaban J connectivity index is 2.49. The Labute approximate surface area is 148 Å². The van der Waals surface area contributed by atoms with Crippen molar-refractivity contribution in [3.63, 3.8) is 0 Å². The summed E-state index contributed by atoms with van der Waals surface area (Å²) >= 11 is 1.64. The minimum Gasteiger partial charge on any atom is -0.444 e. The van der Waals surface area contributed by atoms with Crippen LogP contribution >= 0.6 is 11.8 Å². The molecule has 0 radical (unpaired) electrons. The Morgan fingerprint density at radius 2 is 1.88 bits per heavy atom. The van der Waals surface area contributed by atoms with Crippen LogP contribution in [-0.4, -0.2) is 42.2 Å². The average molecular weight is 353 g/mol. The largest absolute Gasteiger partial charge is 0.444 e. The third-order valence-corrected chi connectivity index (χ3v) is 3.82. The number of alkyl carbamates (subject to hydrolysis) is 1. The van der Waals surface area contributed by atoms with Crippen LogP contribution in [0.25, 0.3) is 0 Å². The van der Waals surface area contributed by atoms with Crippen molar-refractivity contribution in [1.29, 1.82) is 0 Å². The van der Waals surface area contributed by atoms with Crippen molar-refractivity contribution in [3.8, 4) is 0 Å². The van der Waals surface area contributed by atoms with Gasteiger partial charge in [0.1, 0.15) is 11.6 Å². The Kier molecular flexibility index (Phi) is 8.68. The molecule has 0 aliphatic rings. The summed E-state index contributed by atoms with van der Waals surface area (Å²) in [6, 6.07) is 9.38. The minimum absolute atomic E-state index is 0.175. The summed E-state index contributed by atoms with van der Waals surface area (Å²) < 4.78 is 5.24. The molecule has 0 unspecified atom stereocenters. The molecule has 5 nitrogen and oxygen atoms in total. The molecule has 134 valence electrons. The first-order chi connectivity index (χ1) is 11.3. The van der Waals surface area contributed by atoms with Crippen LogP contribution in [0, 0.1) is 0 Å². The standard InChI is InChI=1S/C18H28N2O3S/c1-18(2,3)23-17(22)20-15(11-13-24-4)16(21)19-12-10-14-8-6-5-7-9-14/h5-9,15H,10-13H2,1-4H3,(H,19,21)(H,20,22)/t15-/m1/s1. The summed E-state index contributed by atoms with van der Waals surface area (Å²) in [6.45, 7) is 5.92. The van der Waals surface area contributed by atoms with E-state index in [0.717, 1.165) is 12.2 Å². The smallest absolute Gasteiger partial charge is 0.408 e. The summed E-state index contributed by atoms with van der Waals surface area (Å²) in [5.41, 5.74) is 0.580. The maximum atomic E-state index is 12.3. The molecule has 6 heteroatoms. The second-order valence-electron chi connectivity index (χ2n) is 6.51. The highest BCUT2D eigenvalue weighted by atomic mass is 32.2. The Hall–Kier alpha value is -1.69.